The molecule has 2 amide bonds. The highest BCUT2D eigenvalue weighted by Crippen LogP contribution is 2.37. The lowest BCUT2D eigenvalue weighted by Crippen LogP contribution is -2.44. The van der Waals surface area contributed by atoms with Gasteiger partial charge in [-0.05, 0) is 85.9 Å². The van der Waals surface area contributed by atoms with Gasteiger partial charge >= 0.3 is 6.43 Å². The minimum Gasteiger partial charge on any atom is -0.415 e. The Balaban J connectivity index is 1.36. The van der Waals surface area contributed by atoms with Crippen LogP contribution in [0.25, 0.3) is 11.5 Å². The lowest BCUT2D eigenvalue weighted by Gasteiger charge is -2.42. The average molecular weight is 538 g/mol. The van der Waals surface area contributed by atoms with E-state index in [2.05, 4.69) is 31.5 Å². The molecule has 1 aliphatic heterocycles. The second-order valence-corrected chi connectivity index (χ2v) is 11.1. The highest BCUT2D eigenvalue weighted by atomic mass is 19.3. The summed E-state index contributed by atoms with van der Waals surface area (Å²) in [5.74, 6) is -0.768. The number of hydrogen-bond donors (Lipinski definition) is 1. The molecule has 1 aliphatic carbocycles. The minimum atomic E-state index is -2.84. The van der Waals surface area contributed by atoms with Crippen LogP contribution in [0, 0.1) is 0 Å². The molecule has 0 unspecified atom stereocenters. The van der Waals surface area contributed by atoms with E-state index >= 15 is 0 Å². The molecule has 5 rings (SSSR count). The van der Waals surface area contributed by atoms with Crippen LogP contribution >= 0.6 is 0 Å². The van der Waals surface area contributed by atoms with E-state index in [9.17, 15) is 18.4 Å². The van der Waals surface area contributed by atoms with Gasteiger partial charge in [0.2, 0.25) is 12.3 Å². The van der Waals surface area contributed by atoms with Crippen LogP contribution in [0.1, 0.15) is 91.4 Å². The maximum absolute atomic E-state index is 12.8. The summed E-state index contributed by atoms with van der Waals surface area (Å²) in [6.45, 7) is 6.28. The number of rotatable bonds is 9. The first-order valence-electron chi connectivity index (χ1n) is 13.4. The molecule has 0 bridgehead atoms. The molecule has 3 aromatic rings. The van der Waals surface area contributed by atoms with Gasteiger partial charge in [-0.15, -0.1) is 10.2 Å². The molecule has 0 spiro atoms. The van der Waals surface area contributed by atoms with E-state index < -0.39 is 23.6 Å². The second-order valence-electron chi connectivity index (χ2n) is 11.1. The number of imide groups is 1. The summed E-state index contributed by atoms with van der Waals surface area (Å²) in [4.78, 5) is 31.0. The zero-order chi connectivity index (χ0) is 27.6. The van der Waals surface area contributed by atoms with E-state index in [1.165, 1.54) is 31.0 Å². The van der Waals surface area contributed by atoms with Crippen molar-refractivity contribution in [2.24, 2.45) is 0 Å². The van der Waals surface area contributed by atoms with E-state index in [-0.39, 0.29) is 5.89 Å². The van der Waals surface area contributed by atoms with Crippen molar-refractivity contribution < 1.29 is 22.8 Å². The van der Waals surface area contributed by atoms with Crippen molar-refractivity contribution in [2.45, 2.75) is 76.2 Å². The molecule has 39 heavy (non-hydrogen) atoms. The zero-order valence-corrected chi connectivity index (χ0v) is 22.2. The molecular formula is C29H33F2N5O3. The highest BCUT2D eigenvalue weighted by molar-refractivity contribution is 6.01. The third-order valence-electron chi connectivity index (χ3n) is 8.12. The molecule has 8 nitrogen and oxygen atoms in total. The van der Waals surface area contributed by atoms with Gasteiger partial charge < -0.3 is 9.32 Å². The molecule has 2 fully saturated rings. The van der Waals surface area contributed by atoms with Crippen LogP contribution in [-0.2, 0) is 16.6 Å². The Morgan fingerprint density at radius 3 is 2.51 bits per heavy atom. The Labute approximate surface area is 226 Å². The second kappa shape index (κ2) is 11.3. The first-order valence-corrected chi connectivity index (χ1v) is 13.4. The van der Waals surface area contributed by atoms with Crippen molar-refractivity contribution in [3.8, 4) is 11.5 Å². The summed E-state index contributed by atoms with van der Waals surface area (Å²) >= 11 is 0. The maximum Gasteiger partial charge on any atom is 0.314 e. The molecule has 206 valence electrons. The van der Waals surface area contributed by atoms with Crippen molar-refractivity contribution in [1.82, 2.24) is 25.4 Å². The SMILES string of the molecule is CC(C)(Cc1ccc(-c2nnc(C(F)F)o2)cn1)c1cc(C2CCN(C3CCC3)CC2)ccc1C(=O)NC=O. The lowest BCUT2D eigenvalue weighted by molar-refractivity contribution is -0.108. The molecule has 3 heterocycles. The van der Waals surface area contributed by atoms with Crippen LogP contribution in [0.5, 0.6) is 0 Å². The van der Waals surface area contributed by atoms with Gasteiger partial charge in [0.05, 0.1) is 5.56 Å². The minimum absolute atomic E-state index is 0.0208. The van der Waals surface area contributed by atoms with Gasteiger partial charge in [-0.1, -0.05) is 32.4 Å². The molecule has 1 saturated carbocycles. The number of alkyl halides is 2. The third-order valence-corrected chi connectivity index (χ3v) is 8.12. The first-order chi connectivity index (χ1) is 18.7. The predicted octanol–water partition coefficient (Wildman–Crippen LogP) is 5.21. The van der Waals surface area contributed by atoms with E-state index in [4.69, 9.17) is 4.42 Å². The number of amides is 2. The molecule has 1 aromatic carbocycles. The summed E-state index contributed by atoms with van der Waals surface area (Å²) < 4.78 is 30.6. The van der Waals surface area contributed by atoms with Crippen molar-refractivity contribution in [3.63, 3.8) is 0 Å². The van der Waals surface area contributed by atoms with Gasteiger partial charge in [0.25, 0.3) is 11.8 Å². The molecule has 10 heteroatoms. The van der Waals surface area contributed by atoms with E-state index in [1.54, 1.807) is 12.1 Å². The van der Waals surface area contributed by atoms with Gasteiger partial charge in [-0.3, -0.25) is 19.9 Å². The number of carbonyl (C=O) groups is 2. The zero-order valence-electron chi connectivity index (χ0n) is 22.2. The monoisotopic (exact) mass is 537 g/mol. The number of benzene rings is 1. The smallest absolute Gasteiger partial charge is 0.314 e. The Morgan fingerprint density at radius 1 is 1.15 bits per heavy atom. The number of aromatic nitrogens is 3. The molecule has 0 radical (unpaired) electrons. The summed E-state index contributed by atoms with van der Waals surface area (Å²) in [6.07, 6.45) is 5.71. The number of nitrogens with zero attached hydrogens (tertiary/aromatic N) is 4. The van der Waals surface area contributed by atoms with E-state index in [0.717, 1.165) is 43.2 Å². The quantitative estimate of drug-likeness (QED) is 0.374. The number of hydrogen-bond acceptors (Lipinski definition) is 7. The number of carbonyl (C=O) groups excluding carboxylic acids is 2. The molecule has 2 aliphatic rings. The molecule has 0 atom stereocenters. The van der Waals surface area contributed by atoms with E-state index in [0.29, 0.717) is 29.9 Å². The van der Waals surface area contributed by atoms with E-state index in [1.807, 2.05) is 26.0 Å². The number of pyridine rings is 1. The van der Waals surface area contributed by atoms with Crippen LogP contribution in [0.4, 0.5) is 8.78 Å². The van der Waals surface area contributed by atoms with Gasteiger partial charge in [-0.2, -0.15) is 8.78 Å². The largest absolute Gasteiger partial charge is 0.415 e. The van der Waals surface area contributed by atoms with Gasteiger partial charge in [0.15, 0.2) is 0 Å². The van der Waals surface area contributed by atoms with Crippen molar-refractivity contribution in [3.05, 3.63) is 64.8 Å². The molecule has 1 N–H and O–H groups in total. The van der Waals surface area contributed by atoms with Crippen molar-refractivity contribution in [1.29, 1.82) is 0 Å². The normalized spacial score (nSPS) is 17.3. The fraction of sp³-hybridized carbons (Fsp3) is 0.483. The summed E-state index contributed by atoms with van der Waals surface area (Å²) in [6, 6.07) is 10.2. The maximum atomic E-state index is 12.8. The average Bonchev–Trinajstić information content (AvgIpc) is 3.39. The standard InChI is InChI=1S/C29H33F2N5O3/c1-29(2,15-21-8-6-20(16-32-21)27-34-35-28(39-27)25(30)31)24-14-19(7-9-23(24)26(38)33-17-37)18-10-12-36(13-11-18)22-4-3-5-22/h6-9,14,16-18,22,25H,3-5,10-13,15H2,1-2H3,(H,33,37,38). The topological polar surface area (TPSA) is 101 Å². The number of likely N-dealkylation sites (tertiary alicyclic amines) is 1. The Bertz CT molecular complexity index is 1310. The fourth-order valence-electron chi connectivity index (χ4n) is 5.70. The van der Waals surface area contributed by atoms with Crippen LogP contribution in [-0.4, -0.2) is 51.5 Å². The van der Waals surface area contributed by atoms with Crippen LogP contribution in [0.2, 0.25) is 0 Å². The van der Waals surface area contributed by atoms with Crippen LogP contribution < -0.4 is 5.32 Å². The molecular weight excluding hydrogens is 504 g/mol. The molecule has 2 aromatic heterocycles. The van der Waals surface area contributed by atoms with Crippen molar-refractivity contribution >= 4 is 12.3 Å². The Kier molecular flexibility index (Phi) is 7.83. The first kappa shape index (κ1) is 27.1. The Morgan fingerprint density at radius 2 is 1.92 bits per heavy atom. The van der Waals surface area contributed by atoms with Gasteiger partial charge in [0, 0.05) is 23.5 Å². The summed E-state index contributed by atoms with van der Waals surface area (Å²) in [5, 5.41) is 9.32. The van der Waals surface area contributed by atoms with Gasteiger partial charge in [0.1, 0.15) is 0 Å². The number of piperidine rings is 1. The Hall–Kier alpha value is -3.53. The van der Waals surface area contributed by atoms with Crippen molar-refractivity contribution in [2.75, 3.05) is 13.1 Å². The third kappa shape index (κ3) is 5.90. The highest BCUT2D eigenvalue weighted by Gasteiger charge is 2.32. The summed E-state index contributed by atoms with van der Waals surface area (Å²) in [7, 11) is 0. The predicted molar refractivity (Wildman–Crippen MR) is 140 cm³/mol. The van der Waals surface area contributed by atoms with Gasteiger partial charge in [-0.25, -0.2) is 0 Å². The number of nitrogens with one attached hydrogen (secondary N) is 1. The van der Waals surface area contributed by atoms with Crippen LogP contribution in [0.15, 0.2) is 40.9 Å². The molecule has 1 saturated heterocycles. The number of halogens is 2. The fourth-order valence-corrected chi connectivity index (χ4v) is 5.70. The lowest BCUT2D eigenvalue weighted by atomic mass is 9.75. The van der Waals surface area contributed by atoms with Crippen LogP contribution in [0.3, 0.4) is 0 Å². The summed E-state index contributed by atoms with van der Waals surface area (Å²) in [5.41, 5.74) is 3.22.